The number of nitrogens with one attached hydrogen (secondary N) is 1. The van der Waals surface area contributed by atoms with E-state index in [4.69, 9.17) is 10.8 Å². The van der Waals surface area contributed by atoms with Gasteiger partial charge in [-0.1, -0.05) is 5.92 Å². The maximum atomic E-state index is 12.4. The average Bonchev–Trinajstić information content (AvgIpc) is 3.17. The molecule has 0 aliphatic carbocycles. The van der Waals surface area contributed by atoms with Crippen LogP contribution in [0.15, 0.2) is 34.9 Å². The molecule has 0 unspecified atom stereocenters. The SMILES string of the molecule is C#C/C=C(/c1ccnc(N(C)C(C)=O)c1)c1oc(CN2CCNC[C@H]2C)cc1C(C)=O. The molecule has 2 aromatic rings. The van der Waals surface area contributed by atoms with Gasteiger partial charge < -0.3 is 14.6 Å². The molecule has 1 aliphatic heterocycles. The third kappa shape index (κ3) is 5.10. The van der Waals surface area contributed by atoms with Crippen molar-refractivity contribution in [1.82, 2.24) is 15.2 Å². The van der Waals surface area contributed by atoms with Gasteiger partial charge in [0.1, 0.15) is 17.3 Å². The number of rotatable bonds is 6. The Hall–Kier alpha value is -3.21. The van der Waals surface area contributed by atoms with E-state index >= 15 is 0 Å². The molecule has 3 rings (SSSR count). The summed E-state index contributed by atoms with van der Waals surface area (Å²) in [7, 11) is 1.65. The Kier molecular flexibility index (Phi) is 7.06. The second kappa shape index (κ2) is 9.73. The summed E-state index contributed by atoms with van der Waals surface area (Å²) in [6, 6.07) is 5.72. The van der Waals surface area contributed by atoms with Crippen molar-refractivity contribution in [3.05, 3.63) is 53.1 Å². The Balaban J connectivity index is 2.02. The van der Waals surface area contributed by atoms with E-state index in [1.165, 1.54) is 18.7 Å². The van der Waals surface area contributed by atoms with Crippen molar-refractivity contribution in [2.75, 3.05) is 31.6 Å². The molecule has 162 valence electrons. The van der Waals surface area contributed by atoms with E-state index in [2.05, 4.69) is 28.0 Å². The Bertz CT molecular complexity index is 1050. The molecule has 1 saturated heterocycles. The van der Waals surface area contributed by atoms with Crippen LogP contribution >= 0.6 is 0 Å². The molecule has 31 heavy (non-hydrogen) atoms. The van der Waals surface area contributed by atoms with Crippen LogP contribution in [0.1, 0.15) is 48.2 Å². The molecule has 1 amide bonds. The number of aromatic nitrogens is 1. The predicted molar refractivity (Wildman–Crippen MR) is 121 cm³/mol. The van der Waals surface area contributed by atoms with Gasteiger partial charge in [-0.05, 0) is 43.7 Å². The van der Waals surface area contributed by atoms with Gasteiger partial charge in [0, 0.05) is 51.4 Å². The molecule has 1 atom stereocenters. The number of hydrogen-bond acceptors (Lipinski definition) is 6. The zero-order valence-electron chi connectivity index (χ0n) is 18.4. The second-order valence-electron chi connectivity index (χ2n) is 7.74. The lowest BCUT2D eigenvalue weighted by atomic mass is 9.99. The Morgan fingerprint density at radius 2 is 2.19 bits per heavy atom. The fourth-order valence-electron chi connectivity index (χ4n) is 3.59. The van der Waals surface area contributed by atoms with Crippen LogP contribution in [-0.2, 0) is 11.3 Å². The number of ketones is 1. The third-order valence-electron chi connectivity index (χ3n) is 5.51. The summed E-state index contributed by atoms with van der Waals surface area (Å²) in [5.74, 6) is 3.95. The summed E-state index contributed by atoms with van der Waals surface area (Å²) in [6.07, 6.45) is 8.79. The van der Waals surface area contributed by atoms with Crippen molar-refractivity contribution in [2.45, 2.75) is 33.4 Å². The molecule has 0 aromatic carbocycles. The van der Waals surface area contributed by atoms with Gasteiger partial charge in [0.15, 0.2) is 5.78 Å². The number of anilines is 1. The van der Waals surface area contributed by atoms with Crippen molar-refractivity contribution in [3.63, 3.8) is 0 Å². The van der Waals surface area contributed by atoms with Gasteiger partial charge in [-0.3, -0.25) is 14.5 Å². The van der Waals surface area contributed by atoms with Gasteiger partial charge in [0.2, 0.25) is 5.91 Å². The Morgan fingerprint density at radius 3 is 2.84 bits per heavy atom. The van der Waals surface area contributed by atoms with Gasteiger partial charge in [0.05, 0.1) is 12.1 Å². The summed E-state index contributed by atoms with van der Waals surface area (Å²) in [4.78, 5) is 32.2. The summed E-state index contributed by atoms with van der Waals surface area (Å²) in [6.45, 7) is 8.50. The first kappa shape index (κ1) is 22.5. The lowest BCUT2D eigenvalue weighted by molar-refractivity contribution is -0.116. The van der Waals surface area contributed by atoms with Crippen molar-refractivity contribution in [2.24, 2.45) is 0 Å². The first-order chi connectivity index (χ1) is 14.8. The second-order valence-corrected chi connectivity index (χ2v) is 7.74. The van der Waals surface area contributed by atoms with Crippen LogP contribution in [0, 0.1) is 12.3 Å². The van der Waals surface area contributed by atoms with Gasteiger partial charge >= 0.3 is 0 Å². The van der Waals surface area contributed by atoms with Crippen molar-refractivity contribution in [1.29, 1.82) is 0 Å². The molecule has 3 heterocycles. The highest BCUT2D eigenvalue weighted by Gasteiger charge is 2.24. The number of terminal acetylenes is 1. The maximum absolute atomic E-state index is 12.4. The van der Waals surface area contributed by atoms with Crippen LogP contribution in [-0.4, -0.2) is 54.3 Å². The van der Waals surface area contributed by atoms with E-state index in [9.17, 15) is 9.59 Å². The number of piperazine rings is 1. The number of carbonyl (C=O) groups excluding carboxylic acids is 2. The third-order valence-corrected chi connectivity index (χ3v) is 5.51. The van der Waals surface area contributed by atoms with E-state index in [1.807, 2.05) is 0 Å². The number of Topliss-reactive ketones (excluding diaryl/α,β-unsaturated/α-hetero) is 1. The lowest BCUT2D eigenvalue weighted by Gasteiger charge is -2.33. The standard InChI is InChI=1S/C24H28N4O3/c1-6-7-21(19-8-9-26-23(12-19)27(5)18(4)30)24-22(17(3)29)13-20(31-24)15-28-11-10-25-14-16(28)2/h1,7-9,12-13,16,25H,10-11,14-15H2,2-5H3/b21-7-/t16-/m1/s1. The molecule has 1 N–H and O–H groups in total. The highest BCUT2D eigenvalue weighted by molar-refractivity contribution is 6.00. The van der Waals surface area contributed by atoms with Crippen LogP contribution in [0.4, 0.5) is 5.82 Å². The van der Waals surface area contributed by atoms with Gasteiger partial charge in [-0.15, -0.1) is 6.42 Å². The molecule has 0 radical (unpaired) electrons. The minimum atomic E-state index is -0.137. The smallest absolute Gasteiger partial charge is 0.224 e. The molecule has 7 nitrogen and oxygen atoms in total. The van der Waals surface area contributed by atoms with E-state index < -0.39 is 0 Å². The molecule has 1 aliphatic rings. The lowest BCUT2D eigenvalue weighted by Crippen LogP contribution is -2.49. The number of allylic oxidation sites excluding steroid dienone is 1. The zero-order valence-corrected chi connectivity index (χ0v) is 18.4. The molecule has 1 fully saturated rings. The van der Waals surface area contributed by atoms with Crippen molar-refractivity contribution < 1.29 is 14.0 Å². The maximum Gasteiger partial charge on any atom is 0.224 e. The minimum absolute atomic E-state index is 0.101. The highest BCUT2D eigenvalue weighted by atomic mass is 16.3. The largest absolute Gasteiger partial charge is 0.459 e. The number of amides is 1. The van der Waals surface area contributed by atoms with Crippen LogP contribution < -0.4 is 10.2 Å². The average molecular weight is 421 g/mol. The topological polar surface area (TPSA) is 78.7 Å². The molecule has 7 heteroatoms. The Labute approximate surface area is 183 Å². The van der Waals surface area contributed by atoms with Crippen molar-refractivity contribution in [3.8, 4) is 12.3 Å². The summed E-state index contributed by atoms with van der Waals surface area (Å²) in [5, 5.41) is 3.37. The molecule has 0 spiro atoms. The van der Waals surface area contributed by atoms with Gasteiger partial charge in [-0.25, -0.2) is 4.98 Å². The fraction of sp³-hybridized carbons (Fsp3) is 0.375. The number of pyridine rings is 1. The first-order valence-corrected chi connectivity index (χ1v) is 10.3. The van der Waals surface area contributed by atoms with Gasteiger partial charge in [0.25, 0.3) is 0 Å². The highest BCUT2D eigenvalue weighted by Crippen LogP contribution is 2.31. The fourth-order valence-corrected chi connectivity index (χ4v) is 3.59. The summed E-state index contributed by atoms with van der Waals surface area (Å²) >= 11 is 0. The monoisotopic (exact) mass is 420 g/mol. The first-order valence-electron chi connectivity index (χ1n) is 10.3. The van der Waals surface area contributed by atoms with E-state index in [0.29, 0.717) is 41.1 Å². The normalized spacial score (nSPS) is 17.3. The van der Waals surface area contributed by atoms with Crippen LogP contribution in [0.3, 0.4) is 0 Å². The molecule has 0 saturated carbocycles. The number of carbonyl (C=O) groups is 2. The molecule has 0 bridgehead atoms. The minimum Gasteiger partial charge on any atom is -0.459 e. The summed E-state index contributed by atoms with van der Waals surface area (Å²) < 4.78 is 6.20. The zero-order chi connectivity index (χ0) is 22.5. The summed E-state index contributed by atoms with van der Waals surface area (Å²) in [5.41, 5.74) is 1.81. The van der Waals surface area contributed by atoms with E-state index in [-0.39, 0.29) is 11.7 Å². The number of nitrogens with zero attached hydrogens (tertiary/aromatic N) is 3. The Morgan fingerprint density at radius 1 is 1.42 bits per heavy atom. The molecule has 2 aromatic heterocycles. The van der Waals surface area contributed by atoms with E-state index in [1.54, 1.807) is 37.5 Å². The number of furan rings is 1. The molecular weight excluding hydrogens is 392 g/mol. The van der Waals surface area contributed by atoms with Crippen LogP contribution in [0.2, 0.25) is 0 Å². The van der Waals surface area contributed by atoms with Crippen LogP contribution in [0.5, 0.6) is 0 Å². The number of hydrogen-bond donors (Lipinski definition) is 1. The predicted octanol–water partition coefficient (Wildman–Crippen LogP) is 2.72. The van der Waals surface area contributed by atoms with E-state index in [0.717, 1.165) is 25.2 Å². The van der Waals surface area contributed by atoms with Crippen molar-refractivity contribution >= 4 is 23.1 Å². The quantitative estimate of drug-likeness (QED) is 0.572. The van der Waals surface area contributed by atoms with Crippen LogP contribution in [0.25, 0.3) is 5.57 Å². The van der Waals surface area contributed by atoms with Gasteiger partial charge in [-0.2, -0.15) is 0 Å². The molecular formula is C24H28N4O3.